The molecule has 0 bridgehead atoms. The van der Waals surface area contributed by atoms with Crippen molar-refractivity contribution in [3.63, 3.8) is 0 Å². The van der Waals surface area contributed by atoms with Crippen molar-refractivity contribution in [1.82, 2.24) is 0 Å². The highest BCUT2D eigenvalue weighted by Gasteiger charge is 2.23. The van der Waals surface area contributed by atoms with E-state index >= 15 is 0 Å². The molecule has 0 amide bonds. The Kier molecular flexibility index (Phi) is 3.57. The first-order valence-electron chi connectivity index (χ1n) is 5.47. The number of amidine groups is 1. The van der Waals surface area contributed by atoms with E-state index in [1.165, 1.54) is 12.1 Å². The summed E-state index contributed by atoms with van der Waals surface area (Å²) in [7, 11) is 0. The lowest BCUT2D eigenvalue weighted by molar-refractivity contribution is 0.625. The summed E-state index contributed by atoms with van der Waals surface area (Å²) in [5.41, 5.74) is 7.22. The van der Waals surface area contributed by atoms with E-state index in [2.05, 4.69) is 33.1 Å². The van der Waals surface area contributed by atoms with Crippen LogP contribution in [0.5, 0.6) is 0 Å². The highest BCUT2D eigenvalue weighted by atomic mass is 79.9. The normalized spacial score (nSPS) is 19.8. The van der Waals surface area contributed by atoms with Gasteiger partial charge < -0.3 is 5.73 Å². The number of hydrogen-bond donors (Lipinski definition) is 1. The first kappa shape index (κ1) is 12.2. The maximum atomic E-state index is 13.3. The molecule has 0 radical (unpaired) electrons. The van der Waals surface area contributed by atoms with Crippen LogP contribution < -0.4 is 5.73 Å². The molecule has 3 nitrogen and oxygen atoms in total. The summed E-state index contributed by atoms with van der Waals surface area (Å²) < 4.78 is 14.1. The molecule has 2 rings (SSSR count). The van der Waals surface area contributed by atoms with E-state index in [0.717, 1.165) is 22.2 Å². The van der Waals surface area contributed by atoms with Gasteiger partial charge in [-0.05, 0) is 24.6 Å². The minimum Gasteiger partial charge on any atom is -0.386 e. The quantitative estimate of drug-likeness (QED) is 0.896. The summed E-state index contributed by atoms with van der Waals surface area (Å²) in [5, 5.41) is 8.01. The Morgan fingerprint density at radius 1 is 1.47 bits per heavy atom. The van der Waals surface area contributed by atoms with E-state index in [9.17, 15) is 4.39 Å². The number of halogens is 2. The highest BCUT2D eigenvalue weighted by Crippen LogP contribution is 2.26. The summed E-state index contributed by atoms with van der Waals surface area (Å²) in [5.74, 6) is 0.460. The van der Waals surface area contributed by atoms with E-state index in [1.807, 2.05) is 0 Å². The molecule has 17 heavy (non-hydrogen) atoms. The summed E-state index contributed by atoms with van der Waals surface area (Å²) >= 11 is 3.41. The number of benzene rings is 1. The van der Waals surface area contributed by atoms with E-state index < -0.39 is 0 Å². The Labute approximate surface area is 108 Å². The standard InChI is InChI=1S/C12H13BrFN3/c1-2-7-5-11(15)16-17-12(7)9-6-8(14)3-4-10(9)13/h3-4,6-7H,2,5H2,1H3,(H2,15,16). The molecular weight excluding hydrogens is 285 g/mol. The van der Waals surface area contributed by atoms with Crippen LogP contribution in [-0.4, -0.2) is 11.5 Å². The molecule has 1 unspecified atom stereocenters. The van der Waals surface area contributed by atoms with Gasteiger partial charge in [0.15, 0.2) is 0 Å². The fourth-order valence-corrected chi connectivity index (χ4v) is 2.34. The topological polar surface area (TPSA) is 50.7 Å². The molecule has 1 atom stereocenters. The fraction of sp³-hybridized carbons (Fsp3) is 0.333. The molecule has 0 aliphatic carbocycles. The van der Waals surface area contributed by atoms with Crippen LogP contribution in [0.3, 0.4) is 0 Å². The number of nitrogens with zero attached hydrogens (tertiary/aromatic N) is 2. The van der Waals surface area contributed by atoms with Crippen molar-refractivity contribution in [3.8, 4) is 0 Å². The minimum atomic E-state index is -0.275. The molecule has 90 valence electrons. The van der Waals surface area contributed by atoms with Crippen LogP contribution in [0.2, 0.25) is 0 Å². The maximum Gasteiger partial charge on any atom is 0.123 e. The van der Waals surface area contributed by atoms with E-state index in [4.69, 9.17) is 5.73 Å². The van der Waals surface area contributed by atoms with Crippen LogP contribution in [0.1, 0.15) is 25.3 Å². The van der Waals surface area contributed by atoms with Gasteiger partial charge >= 0.3 is 0 Å². The predicted octanol–water partition coefficient (Wildman–Crippen LogP) is 3.08. The van der Waals surface area contributed by atoms with Gasteiger partial charge in [-0.2, -0.15) is 5.10 Å². The lowest BCUT2D eigenvalue weighted by Crippen LogP contribution is -2.27. The van der Waals surface area contributed by atoms with Crippen molar-refractivity contribution in [2.24, 2.45) is 21.9 Å². The molecular formula is C12H13BrFN3. The maximum absolute atomic E-state index is 13.3. The monoisotopic (exact) mass is 297 g/mol. The molecule has 0 spiro atoms. The number of nitrogens with two attached hydrogens (primary N) is 1. The zero-order chi connectivity index (χ0) is 12.4. The van der Waals surface area contributed by atoms with Gasteiger partial charge in [-0.25, -0.2) is 4.39 Å². The molecule has 1 aromatic carbocycles. The molecule has 1 aromatic rings. The van der Waals surface area contributed by atoms with Crippen molar-refractivity contribution in [2.75, 3.05) is 0 Å². The van der Waals surface area contributed by atoms with Gasteiger partial charge in [0, 0.05) is 22.4 Å². The van der Waals surface area contributed by atoms with E-state index in [-0.39, 0.29) is 11.7 Å². The zero-order valence-corrected chi connectivity index (χ0v) is 11.0. The summed E-state index contributed by atoms with van der Waals surface area (Å²) in [4.78, 5) is 0. The van der Waals surface area contributed by atoms with E-state index in [0.29, 0.717) is 12.3 Å². The van der Waals surface area contributed by atoms with Crippen molar-refractivity contribution >= 4 is 27.5 Å². The Morgan fingerprint density at radius 2 is 2.24 bits per heavy atom. The SMILES string of the molecule is CCC1CC(N)=NN=C1c1cc(F)ccc1Br. The third-order valence-corrected chi connectivity index (χ3v) is 3.52. The third-order valence-electron chi connectivity index (χ3n) is 2.83. The lowest BCUT2D eigenvalue weighted by Gasteiger charge is -2.20. The van der Waals surface area contributed by atoms with Gasteiger partial charge in [-0.1, -0.05) is 22.9 Å². The van der Waals surface area contributed by atoms with Crippen LogP contribution >= 0.6 is 15.9 Å². The number of rotatable bonds is 2. The van der Waals surface area contributed by atoms with Gasteiger partial charge in [0.25, 0.3) is 0 Å². The summed E-state index contributed by atoms with van der Waals surface area (Å²) in [6.45, 7) is 2.06. The van der Waals surface area contributed by atoms with Gasteiger partial charge in [0.1, 0.15) is 11.7 Å². The predicted molar refractivity (Wildman–Crippen MR) is 70.7 cm³/mol. The van der Waals surface area contributed by atoms with Crippen molar-refractivity contribution in [1.29, 1.82) is 0 Å². The smallest absolute Gasteiger partial charge is 0.123 e. The van der Waals surface area contributed by atoms with Gasteiger partial charge in [-0.3, -0.25) is 0 Å². The van der Waals surface area contributed by atoms with Crippen molar-refractivity contribution in [2.45, 2.75) is 19.8 Å². The molecule has 1 aliphatic heterocycles. The van der Waals surface area contributed by atoms with Crippen molar-refractivity contribution in [3.05, 3.63) is 34.1 Å². The average Bonchev–Trinajstić information content (AvgIpc) is 2.32. The average molecular weight is 298 g/mol. The van der Waals surface area contributed by atoms with Crippen LogP contribution in [0.25, 0.3) is 0 Å². The Bertz CT molecular complexity index is 497. The molecule has 0 saturated heterocycles. The zero-order valence-electron chi connectivity index (χ0n) is 9.45. The molecule has 1 heterocycles. The minimum absolute atomic E-state index is 0.200. The Morgan fingerprint density at radius 3 is 2.94 bits per heavy atom. The molecule has 2 N–H and O–H groups in total. The summed E-state index contributed by atoms with van der Waals surface area (Å²) in [6.07, 6.45) is 1.58. The molecule has 0 saturated carbocycles. The summed E-state index contributed by atoms with van der Waals surface area (Å²) in [6, 6.07) is 4.57. The van der Waals surface area contributed by atoms with Crippen LogP contribution in [0.15, 0.2) is 32.9 Å². The molecule has 0 aromatic heterocycles. The Hall–Kier alpha value is -1.23. The van der Waals surface area contributed by atoms with Crippen molar-refractivity contribution < 1.29 is 4.39 Å². The van der Waals surface area contributed by atoms with Crippen LogP contribution in [0, 0.1) is 11.7 Å². The molecule has 1 aliphatic rings. The third kappa shape index (κ3) is 2.54. The van der Waals surface area contributed by atoms with Gasteiger partial charge in [0.05, 0.1) is 5.71 Å². The number of hydrogen-bond acceptors (Lipinski definition) is 3. The van der Waals surface area contributed by atoms with Crippen LogP contribution in [0.4, 0.5) is 4.39 Å². The van der Waals surface area contributed by atoms with Gasteiger partial charge in [0.2, 0.25) is 0 Å². The van der Waals surface area contributed by atoms with E-state index in [1.54, 1.807) is 6.07 Å². The largest absolute Gasteiger partial charge is 0.386 e. The first-order chi connectivity index (χ1) is 8.11. The fourth-order valence-electron chi connectivity index (χ4n) is 1.89. The lowest BCUT2D eigenvalue weighted by atomic mass is 9.90. The van der Waals surface area contributed by atoms with Crippen LogP contribution in [-0.2, 0) is 0 Å². The molecule has 5 heteroatoms. The second-order valence-corrected chi connectivity index (χ2v) is 4.86. The highest BCUT2D eigenvalue weighted by molar-refractivity contribution is 9.10. The molecule has 0 fully saturated rings. The first-order valence-corrected chi connectivity index (χ1v) is 6.26. The second-order valence-electron chi connectivity index (χ2n) is 4.01. The second kappa shape index (κ2) is 4.96. The Balaban J connectivity index is 2.47. The van der Waals surface area contributed by atoms with Gasteiger partial charge in [-0.15, -0.1) is 5.10 Å².